The molecule has 31 heavy (non-hydrogen) atoms. The number of halogens is 1. The van der Waals surface area contributed by atoms with Gasteiger partial charge in [0.05, 0.1) is 6.04 Å². The fraction of sp³-hybridized carbons (Fsp3) is 0.179. The van der Waals surface area contributed by atoms with Crippen LogP contribution < -0.4 is 5.73 Å². The molecule has 0 amide bonds. The molecule has 0 aromatic heterocycles. The molecule has 2 aromatic rings. The van der Waals surface area contributed by atoms with Gasteiger partial charge < -0.3 is 5.73 Å². The first-order chi connectivity index (χ1) is 15.2. The smallest absolute Gasteiger partial charge is 0.0501 e. The third-order valence-electron chi connectivity index (χ3n) is 5.58. The minimum atomic E-state index is -0.209. The van der Waals surface area contributed by atoms with Crippen molar-refractivity contribution in [3.8, 4) is 0 Å². The summed E-state index contributed by atoms with van der Waals surface area (Å²) in [4.78, 5) is 4.88. The Morgan fingerprint density at radius 2 is 1.74 bits per heavy atom. The van der Waals surface area contributed by atoms with E-state index in [-0.39, 0.29) is 12.0 Å². The molecule has 0 radical (unpaired) electrons. The normalized spacial score (nSPS) is 19.9. The lowest BCUT2D eigenvalue weighted by molar-refractivity contribution is 0.735. The molecular weight excluding hydrogens is 444 g/mol. The molecule has 2 aliphatic rings. The van der Waals surface area contributed by atoms with Gasteiger partial charge in [-0.3, -0.25) is 4.99 Å². The molecule has 2 aromatic carbocycles. The Balaban J connectivity index is 1.58. The van der Waals surface area contributed by atoms with E-state index in [0.717, 1.165) is 40.6 Å². The highest BCUT2D eigenvalue weighted by Crippen LogP contribution is 2.30. The third-order valence-corrected chi connectivity index (χ3v) is 6.10. The molecule has 0 aliphatic heterocycles. The lowest BCUT2D eigenvalue weighted by Gasteiger charge is -2.20. The molecule has 0 heterocycles. The van der Waals surface area contributed by atoms with Gasteiger partial charge in [0.2, 0.25) is 0 Å². The molecule has 0 saturated carbocycles. The van der Waals surface area contributed by atoms with Crippen molar-refractivity contribution in [2.75, 3.05) is 0 Å². The Morgan fingerprint density at radius 3 is 2.42 bits per heavy atom. The zero-order chi connectivity index (χ0) is 21.5. The summed E-state index contributed by atoms with van der Waals surface area (Å²) in [5, 5.41) is 0. The molecule has 2 atom stereocenters. The van der Waals surface area contributed by atoms with E-state index in [1.54, 1.807) is 0 Å². The van der Waals surface area contributed by atoms with Gasteiger partial charge in [0, 0.05) is 22.3 Å². The predicted molar refractivity (Wildman–Crippen MR) is 135 cm³/mol. The van der Waals surface area contributed by atoms with Crippen LogP contribution in [0.1, 0.15) is 36.4 Å². The van der Waals surface area contributed by atoms with Gasteiger partial charge in [0.25, 0.3) is 0 Å². The van der Waals surface area contributed by atoms with Gasteiger partial charge in [-0.2, -0.15) is 0 Å². The van der Waals surface area contributed by atoms with Gasteiger partial charge in [-0.1, -0.05) is 94.9 Å². The van der Waals surface area contributed by atoms with E-state index in [1.165, 1.54) is 11.1 Å². The minimum Gasteiger partial charge on any atom is -0.321 e. The summed E-state index contributed by atoms with van der Waals surface area (Å²) in [6.07, 6.45) is 20.8. The Morgan fingerprint density at radius 1 is 0.968 bits per heavy atom. The average Bonchev–Trinajstić information content (AvgIpc) is 2.83. The number of hydrogen-bond donors (Lipinski definition) is 1. The summed E-state index contributed by atoms with van der Waals surface area (Å²) in [7, 11) is 0. The van der Waals surface area contributed by atoms with Crippen molar-refractivity contribution in [2.24, 2.45) is 16.6 Å². The highest BCUT2D eigenvalue weighted by molar-refractivity contribution is 9.10. The maximum Gasteiger partial charge on any atom is 0.0501 e. The standard InChI is InChI=1S/C28H27BrN2/c29-26-17-15-24(16-18-26)27(30)19-28(31-20-21-7-3-1-4-8-21)25-13-11-23(12-14-25)22-9-5-2-6-10-22/h1,3-5,7-13,15-20,25,27H,2,6,14,30H2/b28-19-,31-20?. The van der Waals surface area contributed by atoms with Crippen molar-refractivity contribution in [1.29, 1.82) is 0 Å². The number of nitrogens with zero attached hydrogens (tertiary/aromatic N) is 1. The van der Waals surface area contributed by atoms with Crippen LogP contribution in [0, 0.1) is 5.92 Å². The zero-order valence-corrected chi connectivity index (χ0v) is 19.1. The third kappa shape index (κ3) is 5.90. The zero-order valence-electron chi connectivity index (χ0n) is 17.5. The van der Waals surface area contributed by atoms with Crippen LogP contribution in [-0.4, -0.2) is 6.21 Å². The van der Waals surface area contributed by atoms with Gasteiger partial charge in [-0.05, 0) is 59.7 Å². The predicted octanol–water partition coefficient (Wildman–Crippen LogP) is 7.23. The monoisotopic (exact) mass is 470 g/mol. The van der Waals surface area contributed by atoms with E-state index in [2.05, 4.69) is 82.7 Å². The first-order valence-electron chi connectivity index (χ1n) is 10.8. The van der Waals surface area contributed by atoms with Crippen LogP contribution in [0.5, 0.6) is 0 Å². The van der Waals surface area contributed by atoms with Crippen LogP contribution in [0.2, 0.25) is 0 Å². The lowest BCUT2D eigenvalue weighted by Crippen LogP contribution is -2.11. The minimum absolute atomic E-state index is 0.207. The fourth-order valence-corrected chi connectivity index (χ4v) is 4.06. The Labute approximate surface area is 193 Å². The Kier molecular flexibility index (Phi) is 7.29. The molecule has 4 rings (SSSR count). The number of rotatable bonds is 6. The SMILES string of the molecule is NC(/C=C(\N=Cc1ccccc1)C1C=CC(C2=CCCC=C2)=CC1)c1ccc(Br)cc1. The van der Waals surface area contributed by atoms with Gasteiger partial charge in [0.1, 0.15) is 0 Å². The van der Waals surface area contributed by atoms with E-state index in [4.69, 9.17) is 10.7 Å². The largest absolute Gasteiger partial charge is 0.321 e. The summed E-state index contributed by atoms with van der Waals surface area (Å²) in [5.41, 5.74) is 12.3. The summed E-state index contributed by atoms with van der Waals surface area (Å²) in [6, 6.07) is 18.1. The topological polar surface area (TPSA) is 38.4 Å². The van der Waals surface area contributed by atoms with Crippen LogP contribution in [-0.2, 0) is 0 Å². The second kappa shape index (κ2) is 10.5. The second-order valence-corrected chi connectivity index (χ2v) is 8.75. The molecule has 2 N–H and O–H groups in total. The van der Waals surface area contributed by atoms with Crippen molar-refractivity contribution in [3.05, 3.63) is 130 Å². The van der Waals surface area contributed by atoms with Crippen molar-refractivity contribution in [3.63, 3.8) is 0 Å². The van der Waals surface area contributed by atoms with Crippen molar-refractivity contribution in [1.82, 2.24) is 0 Å². The van der Waals surface area contributed by atoms with Crippen molar-refractivity contribution >= 4 is 22.1 Å². The molecule has 0 fully saturated rings. The summed E-state index contributed by atoms with van der Waals surface area (Å²) < 4.78 is 1.05. The molecule has 0 spiro atoms. The van der Waals surface area contributed by atoms with Crippen molar-refractivity contribution < 1.29 is 0 Å². The van der Waals surface area contributed by atoms with Crippen molar-refractivity contribution in [2.45, 2.75) is 25.3 Å². The van der Waals surface area contributed by atoms with E-state index < -0.39 is 0 Å². The quantitative estimate of drug-likeness (QED) is 0.444. The van der Waals surface area contributed by atoms with E-state index in [1.807, 2.05) is 36.5 Å². The summed E-state index contributed by atoms with van der Waals surface area (Å²) in [6.45, 7) is 0. The number of nitrogens with two attached hydrogens (primary N) is 1. The van der Waals surface area contributed by atoms with Gasteiger partial charge in [-0.15, -0.1) is 0 Å². The molecule has 156 valence electrons. The van der Waals surface area contributed by atoms with E-state index >= 15 is 0 Å². The average molecular weight is 471 g/mol. The molecule has 3 heteroatoms. The molecule has 0 saturated heterocycles. The molecule has 2 aliphatic carbocycles. The maximum atomic E-state index is 6.54. The van der Waals surface area contributed by atoms with Gasteiger partial charge in [0.15, 0.2) is 0 Å². The van der Waals surface area contributed by atoms with Crippen LogP contribution in [0.3, 0.4) is 0 Å². The number of hydrogen-bond acceptors (Lipinski definition) is 2. The van der Waals surface area contributed by atoms with E-state index in [0.29, 0.717) is 0 Å². The Hall–Kier alpha value is -2.75. The second-order valence-electron chi connectivity index (χ2n) is 7.84. The first kappa shape index (κ1) is 21.5. The number of benzene rings is 2. The lowest BCUT2D eigenvalue weighted by atomic mass is 9.88. The van der Waals surface area contributed by atoms with Crippen LogP contribution >= 0.6 is 15.9 Å². The summed E-state index contributed by atoms with van der Waals surface area (Å²) >= 11 is 3.49. The fourth-order valence-electron chi connectivity index (χ4n) is 3.80. The maximum absolute atomic E-state index is 6.54. The molecule has 2 nitrogen and oxygen atoms in total. The van der Waals surface area contributed by atoms with Crippen LogP contribution in [0.15, 0.2) is 123 Å². The number of aliphatic imine (C=N–C) groups is 1. The first-order valence-corrected chi connectivity index (χ1v) is 11.6. The molecule has 2 unspecified atom stereocenters. The molecular formula is C28H27BrN2. The number of allylic oxidation sites excluding steroid dienone is 8. The summed E-state index contributed by atoms with van der Waals surface area (Å²) in [5.74, 6) is 0.207. The highest BCUT2D eigenvalue weighted by Gasteiger charge is 2.16. The van der Waals surface area contributed by atoms with Gasteiger partial charge >= 0.3 is 0 Å². The van der Waals surface area contributed by atoms with Crippen LogP contribution in [0.25, 0.3) is 0 Å². The van der Waals surface area contributed by atoms with Crippen LogP contribution in [0.4, 0.5) is 0 Å². The highest BCUT2D eigenvalue weighted by atomic mass is 79.9. The molecule has 0 bridgehead atoms. The Bertz CT molecular complexity index is 1070. The van der Waals surface area contributed by atoms with Gasteiger partial charge in [-0.25, -0.2) is 0 Å². The van der Waals surface area contributed by atoms with E-state index in [9.17, 15) is 0 Å².